The minimum Gasteiger partial charge on any atom is -0.373 e. The number of benzene rings is 1. The molecule has 1 aliphatic carbocycles. The quantitative estimate of drug-likeness (QED) is 0.899. The van der Waals surface area contributed by atoms with E-state index < -0.39 is 0 Å². The summed E-state index contributed by atoms with van der Waals surface area (Å²) in [5.41, 5.74) is 9.07. The Morgan fingerprint density at radius 1 is 1.33 bits per heavy atom. The van der Waals surface area contributed by atoms with Gasteiger partial charge in [-0.2, -0.15) is 0 Å². The number of rotatable bonds is 3. The van der Waals surface area contributed by atoms with Crippen LogP contribution in [0.2, 0.25) is 0 Å². The molecule has 1 aromatic carbocycles. The number of ether oxygens (including phenoxy) is 1. The Labute approximate surface area is 107 Å². The Morgan fingerprint density at radius 2 is 2.11 bits per heavy atom. The molecule has 3 heteroatoms. The zero-order chi connectivity index (χ0) is 12.5. The monoisotopic (exact) mass is 242 g/mol. The second-order valence-corrected chi connectivity index (χ2v) is 5.10. The number of nitrogens with two attached hydrogens (primary N) is 1. The Hall–Kier alpha value is -1.45. The van der Waals surface area contributed by atoms with Crippen LogP contribution in [-0.4, -0.2) is 17.1 Å². The van der Waals surface area contributed by atoms with Crippen molar-refractivity contribution < 1.29 is 4.74 Å². The Bertz CT molecular complexity index is 561. The number of fused-ring (bicyclic) bond motifs is 1. The number of hydrogen-bond acceptors (Lipinski definition) is 3. The van der Waals surface area contributed by atoms with Gasteiger partial charge in [0.1, 0.15) is 0 Å². The fourth-order valence-corrected chi connectivity index (χ4v) is 2.46. The van der Waals surface area contributed by atoms with Crippen molar-refractivity contribution in [1.82, 2.24) is 4.98 Å². The van der Waals surface area contributed by atoms with E-state index in [1.165, 1.54) is 10.9 Å². The molecule has 0 spiro atoms. The van der Waals surface area contributed by atoms with Gasteiger partial charge in [-0.25, -0.2) is 0 Å². The zero-order valence-corrected chi connectivity index (χ0v) is 10.6. The smallest absolute Gasteiger partial charge is 0.0727 e. The predicted octanol–water partition coefficient (Wildman–Crippen LogP) is 2.55. The molecule has 1 saturated carbocycles. The molecule has 3 rings (SSSR count). The predicted molar refractivity (Wildman–Crippen MR) is 72.3 cm³/mol. The molecular formula is C15H18N2O. The van der Waals surface area contributed by atoms with Crippen LogP contribution in [0.15, 0.2) is 30.3 Å². The number of nitrogens with zero attached hydrogens (tertiary/aromatic N) is 1. The summed E-state index contributed by atoms with van der Waals surface area (Å²) in [5, 5.41) is 1.19. The van der Waals surface area contributed by atoms with Crippen molar-refractivity contribution in [3.8, 4) is 0 Å². The van der Waals surface area contributed by atoms with Gasteiger partial charge >= 0.3 is 0 Å². The van der Waals surface area contributed by atoms with Crippen LogP contribution in [0.4, 0.5) is 0 Å². The van der Waals surface area contributed by atoms with Gasteiger partial charge in [-0.05, 0) is 37.5 Å². The fraction of sp³-hybridized carbons (Fsp3) is 0.400. The Kier molecular flexibility index (Phi) is 3.02. The molecule has 0 aliphatic heterocycles. The van der Waals surface area contributed by atoms with E-state index in [2.05, 4.69) is 17.1 Å². The van der Waals surface area contributed by atoms with Crippen LogP contribution in [0.3, 0.4) is 0 Å². The van der Waals surface area contributed by atoms with Crippen molar-refractivity contribution in [2.75, 3.05) is 0 Å². The average molecular weight is 242 g/mol. The van der Waals surface area contributed by atoms with Crippen molar-refractivity contribution in [2.24, 2.45) is 5.73 Å². The summed E-state index contributed by atoms with van der Waals surface area (Å²) in [7, 11) is 0. The second-order valence-electron chi connectivity index (χ2n) is 5.10. The molecule has 0 amide bonds. The van der Waals surface area contributed by atoms with Crippen LogP contribution in [0.25, 0.3) is 10.9 Å². The highest BCUT2D eigenvalue weighted by molar-refractivity contribution is 5.82. The molecule has 1 aliphatic rings. The third-order valence-corrected chi connectivity index (χ3v) is 3.54. The van der Waals surface area contributed by atoms with E-state index in [0.717, 1.165) is 24.1 Å². The molecule has 0 atom stereocenters. The normalized spacial score (nSPS) is 23.0. The maximum absolute atomic E-state index is 5.89. The highest BCUT2D eigenvalue weighted by Gasteiger charge is 2.26. The molecule has 94 valence electrons. The van der Waals surface area contributed by atoms with E-state index in [4.69, 9.17) is 10.5 Å². The SMILES string of the molecule is Cc1cc(COC2CC(N)C2)c2ccccc2n1. The van der Waals surface area contributed by atoms with E-state index >= 15 is 0 Å². The average Bonchev–Trinajstić information content (AvgIpc) is 2.32. The van der Waals surface area contributed by atoms with E-state index in [0.29, 0.717) is 18.8 Å². The maximum atomic E-state index is 5.89. The first-order chi connectivity index (χ1) is 8.72. The molecule has 0 unspecified atom stereocenters. The van der Waals surface area contributed by atoms with Gasteiger partial charge in [-0.1, -0.05) is 18.2 Å². The first-order valence-electron chi connectivity index (χ1n) is 6.45. The van der Waals surface area contributed by atoms with E-state index in [1.54, 1.807) is 0 Å². The summed E-state index contributed by atoms with van der Waals surface area (Å²) in [6.07, 6.45) is 2.32. The van der Waals surface area contributed by atoms with Crippen LogP contribution in [-0.2, 0) is 11.3 Å². The van der Waals surface area contributed by atoms with Gasteiger partial charge in [0.05, 0.1) is 18.2 Å². The van der Waals surface area contributed by atoms with Crippen molar-refractivity contribution in [3.05, 3.63) is 41.6 Å². The minimum atomic E-state index is 0.339. The van der Waals surface area contributed by atoms with Crippen molar-refractivity contribution in [2.45, 2.75) is 38.5 Å². The number of aryl methyl sites for hydroxylation is 1. The number of para-hydroxylation sites is 1. The van der Waals surface area contributed by atoms with Gasteiger partial charge in [-0.3, -0.25) is 4.98 Å². The number of pyridine rings is 1. The van der Waals surface area contributed by atoms with Gasteiger partial charge in [0.25, 0.3) is 0 Å². The molecule has 0 bridgehead atoms. The van der Waals surface area contributed by atoms with Crippen LogP contribution < -0.4 is 5.73 Å². The van der Waals surface area contributed by atoms with Crippen molar-refractivity contribution in [3.63, 3.8) is 0 Å². The molecule has 0 saturated heterocycles. The molecule has 0 radical (unpaired) electrons. The van der Waals surface area contributed by atoms with Crippen LogP contribution in [0.5, 0.6) is 0 Å². The molecular weight excluding hydrogens is 224 g/mol. The topological polar surface area (TPSA) is 48.1 Å². The molecule has 2 aromatic rings. The lowest BCUT2D eigenvalue weighted by molar-refractivity contribution is -0.0184. The summed E-state index contributed by atoms with van der Waals surface area (Å²) in [6, 6.07) is 10.7. The lowest BCUT2D eigenvalue weighted by Gasteiger charge is -2.32. The largest absolute Gasteiger partial charge is 0.373 e. The van der Waals surface area contributed by atoms with E-state index in [-0.39, 0.29) is 0 Å². The first kappa shape index (κ1) is 11.6. The van der Waals surface area contributed by atoms with Crippen LogP contribution in [0.1, 0.15) is 24.1 Å². The lowest BCUT2D eigenvalue weighted by atomic mass is 9.90. The molecule has 1 fully saturated rings. The fourth-order valence-electron chi connectivity index (χ4n) is 2.46. The number of aromatic nitrogens is 1. The van der Waals surface area contributed by atoms with Gasteiger partial charge < -0.3 is 10.5 Å². The summed E-state index contributed by atoms with van der Waals surface area (Å²) >= 11 is 0. The lowest BCUT2D eigenvalue weighted by Crippen LogP contribution is -2.41. The first-order valence-corrected chi connectivity index (χ1v) is 6.45. The van der Waals surface area contributed by atoms with Gasteiger partial charge in [0, 0.05) is 17.1 Å². The number of hydrogen-bond donors (Lipinski definition) is 1. The zero-order valence-electron chi connectivity index (χ0n) is 10.6. The van der Waals surface area contributed by atoms with Gasteiger partial charge in [0.15, 0.2) is 0 Å². The third kappa shape index (κ3) is 2.24. The van der Waals surface area contributed by atoms with Crippen LogP contribution >= 0.6 is 0 Å². The summed E-state index contributed by atoms with van der Waals surface area (Å²) in [4.78, 5) is 4.53. The molecule has 18 heavy (non-hydrogen) atoms. The molecule has 3 nitrogen and oxygen atoms in total. The van der Waals surface area contributed by atoms with Crippen molar-refractivity contribution >= 4 is 10.9 Å². The highest BCUT2D eigenvalue weighted by atomic mass is 16.5. The maximum Gasteiger partial charge on any atom is 0.0727 e. The van der Waals surface area contributed by atoms with Crippen molar-refractivity contribution in [1.29, 1.82) is 0 Å². The van der Waals surface area contributed by atoms with E-state index in [1.807, 2.05) is 25.1 Å². The minimum absolute atomic E-state index is 0.339. The van der Waals surface area contributed by atoms with Gasteiger partial charge in [-0.15, -0.1) is 0 Å². The van der Waals surface area contributed by atoms with E-state index in [9.17, 15) is 0 Å². The standard InChI is InChI=1S/C15H18N2O/c1-10-6-11(9-18-13-7-12(16)8-13)14-4-2-3-5-15(14)17-10/h2-6,12-13H,7-9,16H2,1H3. The molecule has 2 N–H and O–H groups in total. The highest BCUT2D eigenvalue weighted by Crippen LogP contribution is 2.25. The third-order valence-electron chi connectivity index (χ3n) is 3.54. The summed E-state index contributed by atoms with van der Waals surface area (Å²) < 4.78 is 5.89. The molecule has 1 aromatic heterocycles. The van der Waals surface area contributed by atoms with Crippen LogP contribution in [0, 0.1) is 6.92 Å². The van der Waals surface area contributed by atoms with Gasteiger partial charge in [0.2, 0.25) is 0 Å². The Balaban J connectivity index is 1.82. The summed E-state index contributed by atoms with van der Waals surface area (Å²) in [5.74, 6) is 0. The summed E-state index contributed by atoms with van der Waals surface area (Å²) in [6.45, 7) is 2.68. The second kappa shape index (κ2) is 4.67. The Morgan fingerprint density at radius 3 is 2.89 bits per heavy atom. The molecule has 1 heterocycles.